The van der Waals surface area contributed by atoms with Gasteiger partial charge in [-0.1, -0.05) is 0 Å². The van der Waals surface area contributed by atoms with Crippen LogP contribution in [0.3, 0.4) is 0 Å². The maximum absolute atomic E-state index is 9.55. The second kappa shape index (κ2) is 6.44. The van der Waals surface area contributed by atoms with Crippen LogP contribution >= 0.6 is 0 Å². The fraction of sp³-hybridized carbons (Fsp3) is 0. The fourth-order valence-electron chi connectivity index (χ4n) is 0.143. The van der Waals surface area contributed by atoms with Crippen LogP contribution in [0.4, 0.5) is 0 Å². The molecule has 0 aromatic carbocycles. The third kappa shape index (κ3) is 11.7. The molecule has 0 saturated heterocycles. The molecule has 2 N–H and O–H groups in total. The summed E-state index contributed by atoms with van der Waals surface area (Å²) in [6, 6.07) is 0. The van der Waals surface area contributed by atoms with Crippen molar-refractivity contribution in [2.75, 3.05) is 0 Å². The van der Waals surface area contributed by atoms with Crippen molar-refractivity contribution in [3.05, 3.63) is 12.2 Å². The van der Waals surface area contributed by atoms with Gasteiger partial charge in [0.15, 0.2) is 0 Å². The normalized spacial score (nSPS) is 8.44. The SMILES string of the molecule is O=C(O)/C=C\C(=O)O.[K+]. The summed E-state index contributed by atoms with van der Waals surface area (Å²) in [4.78, 5) is 19.1. The van der Waals surface area contributed by atoms with Gasteiger partial charge in [-0.3, -0.25) is 0 Å². The molecule has 4 nitrogen and oxygen atoms in total. The Bertz CT molecular complexity index is 124. The molecule has 0 unspecified atom stereocenters. The topological polar surface area (TPSA) is 74.6 Å². The van der Waals surface area contributed by atoms with Crippen molar-refractivity contribution in [3.63, 3.8) is 0 Å². The molecule has 0 spiro atoms. The van der Waals surface area contributed by atoms with Gasteiger partial charge < -0.3 is 10.2 Å². The molecule has 0 amide bonds. The first-order chi connectivity index (χ1) is 3.63. The number of hydrogen-bond acceptors (Lipinski definition) is 2. The van der Waals surface area contributed by atoms with E-state index >= 15 is 0 Å². The average Bonchev–Trinajstić information content (AvgIpc) is 1.61. The standard InChI is InChI=1S/C4H4O4.K/c5-3(6)1-2-4(7)8;/h1-2H,(H,5,6)(H,7,8);/q;+1/b2-1-;. The average molecular weight is 155 g/mol. The Hall–Kier alpha value is 0.316. The number of carboxylic acids is 2. The Balaban J connectivity index is 0. The molecule has 0 aliphatic heterocycles. The molecule has 0 aliphatic carbocycles. The van der Waals surface area contributed by atoms with Crippen LogP contribution in [0, 0.1) is 0 Å². The summed E-state index contributed by atoms with van der Waals surface area (Å²) < 4.78 is 0. The van der Waals surface area contributed by atoms with Crippen LogP contribution in [0.2, 0.25) is 0 Å². The van der Waals surface area contributed by atoms with E-state index in [1.165, 1.54) is 0 Å². The molecule has 5 heteroatoms. The molecule has 0 atom stereocenters. The molecule has 0 radical (unpaired) electrons. The van der Waals surface area contributed by atoms with Crippen molar-refractivity contribution in [1.82, 2.24) is 0 Å². The Morgan fingerprint density at radius 2 is 1.22 bits per heavy atom. The van der Waals surface area contributed by atoms with Crippen molar-refractivity contribution in [2.24, 2.45) is 0 Å². The molecule has 0 rings (SSSR count). The largest absolute Gasteiger partial charge is 1.00 e. The van der Waals surface area contributed by atoms with E-state index in [2.05, 4.69) is 0 Å². The van der Waals surface area contributed by atoms with Crippen molar-refractivity contribution >= 4 is 11.9 Å². The molecular weight excluding hydrogens is 151 g/mol. The summed E-state index contributed by atoms with van der Waals surface area (Å²) in [5, 5.41) is 15.6. The number of rotatable bonds is 2. The first-order valence-corrected chi connectivity index (χ1v) is 1.77. The molecule has 0 bridgehead atoms. The summed E-state index contributed by atoms with van der Waals surface area (Å²) in [5.74, 6) is -2.51. The minimum Gasteiger partial charge on any atom is -0.478 e. The van der Waals surface area contributed by atoms with Crippen molar-refractivity contribution < 1.29 is 71.2 Å². The maximum atomic E-state index is 9.55. The van der Waals surface area contributed by atoms with Crippen molar-refractivity contribution in [2.45, 2.75) is 0 Å². The Labute approximate surface area is 94.0 Å². The Morgan fingerprint density at radius 1 is 1.00 bits per heavy atom. The minimum atomic E-state index is -1.26. The monoisotopic (exact) mass is 155 g/mol. The molecule has 9 heavy (non-hydrogen) atoms. The predicted octanol–water partition coefficient (Wildman–Crippen LogP) is -3.28. The third-order valence-electron chi connectivity index (χ3n) is 0.368. The molecular formula is C4H4KO4+. The maximum Gasteiger partial charge on any atom is 1.00 e. The van der Waals surface area contributed by atoms with Gasteiger partial charge >= 0.3 is 63.3 Å². The molecule has 44 valence electrons. The van der Waals surface area contributed by atoms with Crippen LogP contribution in [-0.4, -0.2) is 22.2 Å². The second-order valence-electron chi connectivity index (χ2n) is 1.01. The number of carbonyl (C=O) groups is 2. The zero-order valence-corrected chi connectivity index (χ0v) is 7.99. The van der Waals surface area contributed by atoms with Gasteiger partial charge in [0.2, 0.25) is 0 Å². The molecule has 0 fully saturated rings. The van der Waals surface area contributed by atoms with Crippen molar-refractivity contribution in [3.8, 4) is 0 Å². The van der Waals surface area contributed by atoms with Crippen LogP contribution in [0.25, 0.3) is 0 Å². The van der Waals surface area contributed by atoms with Crippen LogP contribution in [0.15, 0.2) is 12.2 Å². The summed E-state index contributed by atoms with van der Waals surface area (Å²) in [7, 11) is 0. The zero-order chi connectivity index (χ0) is 6.57. The Kier molecular flexibility index (Phi) is 8.61. The van der Waals surface area contributed by atoms with E-state index in [-0.39, 0.29) is 51.4 Å². The first-order valence-electron chi connectivity index (χ1n) is 1.77. The van der Waals surface area contributed by atoms with E-state index in [1.54, 1.807) is 0 Å². The van der Waals surface area contributed by atoms with E-state index in [0.717, 1.165) is 0 Å². The summed E-state index contributed by atoms with van der Waals surface area (Å²) in [6.07, 6.45) is 1.12. The number of aliphatic carboxylic acids is 2. The molecule has 0 aromatic heterocycles. The molecule has 0 saturated carbocycles. The van der Waals surface area contributed by atoms with Gasteiger partial charge in [0.05, 0.1) is 0 Å². The van der Waals surface area contributed by atoms with E-state index in [0.29, 0.717) is 12.2 Å². The van der Waals surface area contributed by atoms with Gasteiger partial charge in [0.25, 0.3) is 0 Å². The summed E-state index contributed by atoms with van der Waals surface area (Å²) in [6.45, 7) is 0. The van der Waals surface area contributed by atoms with Gasteiger partial charge in [0.1, 0.15) is 0 Å². The predicted molar refractivity (Wildman–Crippen MR) is 24.4 cm³/mol. The van der Waals surface area contributed by atoms with Gasteiger partial charge in [-0.25, -0.2) is 9.59 Å². The second-order valence-corrected chi connectivity index (χ2v) is 1.01. The third-order valence-corrected chi connectivity index (χ3v) is 0.368. The summed E-state index contributed by atoms with van der Waals surface area (Å²) >= 11 is 0. The smallest absolute Gasteiger partial charge is 0.478 e. The number of carboxylic acid groups (broad SMARTS) is 2. The molecule has 0 aliphatic rings. The van der Waals surface area contributed by atoms with E-state index < -0.39 is 11.9 Å². The van der Waals surface area contributed by atoms with Crippen LogP contribution in [-0.2, 0) is 9.59 Å². The van der Waals surface area contributed by atoms with Gasteiger partial charge in [-0.15, -0.1) is 0 Å². The summed E-state index contributed by atoms with van der Waals surface area (Å²) in [5.41, 5.74) is 0. The van der Waals surface area contributed by atoms with Gasteiger partial charge in [-0.05, 0) is 0 Å². The molecule has 0 heterocycles. The van der Waals surface area contributed by atoms with Gasteiger partial charge in [-0.2, -0.15) is 0 Å². The van der Waals surface area contributed by atoms with Crippen LogP contribution in [0.1, 0.15) is 0 Å². The number of hydrogen-bond donors (Lipinski definition) is 2. The minimum absolute atomic E-state index is 0. The first kappa shape index (κ1) is 12.0. The van der Waals surface area contributed by atoms with E-state index in [1.807, 2.05) is 0 Å². The van der Waals surface area contributed by atoms with E-state index in [9.17, 15) is 9.59 Å². The van der Waals surface area contributed by atoms with Crippen LogP contribution < -0.4 is 51.4 Å². The van der Waals surface area contributed by atoms with Crippen LogP contribution in [0.5, 0.6) is 0 Å². The zero-order valence-electron chi connectivity index (χ0n) is 4.87. The fourth-order valence-corrected chi connectivity index (χ4v) is 0.143. The van der Waals surface area contributed by atoms with Crippen molar-refractivity contribution in [1.29, 1.82) is 0 Å². The van der Waals surface area contributed by atoms with E-state index in [4.69, 9.17) is 10.2 Å². The molecule has 0 aromatic rings. The quantitative estimate of drug-likeness (QED) is 0.324. The van der Waals surface area contributed by atoms with Gasteiger partial charge in [0, 0.05) is 12.2 Å². The Morgan fingerprint density at radius 3 is 1.33 bits per heavy atom.